The summed E-state index contributed by atoms with van der Waals surface area (Å²) in [6.07, 6.45) is 0.260. The van der Waals surface area contributed by atoms with Gasteiger partial charge in [-0.15, -0.1) is 0 Å². The number of urea groups is 1. The summed E-state index contributed by atoms with van der Waals surface area (Å²) in [5, 5.41) is 10.5. The highest BCUT2D eigenvalue weighted by atomic mass is 35.5. The Morgan fingerprint density at radius 2 is 1.97 bits per heavy atom. The molecule has 0 bridgehead atoms. The standard InChI is InChI=1S/C19H23ClN6O3/c20-14-2-1-3-15(12-14)25-6-7-26-17(25)13-16(23-26)22-19(28)21-5-4-18(27)24-8-10-29-11-9-24/h1-3,12-13H,4-11H2,(H2,21,22,23,28). The Bertz CT molecular complexity index is 896. The first-order valence-corrected chi connectivity index (χ1v) is 9.99. The maximum atomic E-state index is 12.1. The van der Waals surface area contributed by atoms with E-state index in [0.29, 0.717) is 37.1 Å². The van der Waals surface area contributed by atoms with Crippen molar-refractivity contribution < 1.29 is 14.3 Å². The number of morpholine rings is 1. The minimum absolute atomic E-state index is 0.0201. The molecule has 4 rings (SSSR count). The molecule has 2 aliphatic heterocycles. The van der Waals surface area contributed by atoms with E-state index >= 15 is 0 Å². The molecule has 29 heavy (non-hydrogen) atoms. The molecule has 0 unspecified atom stereocenters. The minimum Gasteiger partial charge on any atom is -0.378 e. The zero-order chi connectivity index (χ0) is 20.2. The molecule has 1 aromatic carbocycles. The smallest absolute Gasteiger partial charge is 0.320 e. The summed E-state index contributed by atoms with van der Waals surface area (Å²) in [6.45, 7) is 4.12. The van der Waals surface area contributed by atoms with E-state index < -0.39 is 0 Å². The second kappa shape index (κ2) is 8.71. The molecule has 1 aromatic heterocycles. The Kier molecular flexibility index (Phi) is 5.86. The van der Waals surface area contributed by atoms with Crippen molar-refractivity contribution in [3.05, 3.63) is 35.4 Å². The van der Waals surface area contributed by atoms with Crippen molar-refractivity contribution in [1.29, 1.82) is 0 Å². The molecule has 0 spiro atoms. The van der Waals surface area contributed by atoms with Crippen LogP contribution in [0.5, 0.6) is 0 Å². The van der Waals surface area contributed by atoms with Crippen LogP contribution in [-0.2, 0) is 16.1 Å². The fraction of sp³-hybridized carbons (Fsp3) is 0.421. The van der Waals surface area contributed by atoms with Crippen molar-refractivity contribution in [2.75, 3.05) is 49.6 Å². The van der Waals surface area contributed by atoms with E-state index in [1.807, 2.05) is 35.0 Å². The molecular weight excluding hydrogens is 396 g/mol. The van der Waals surface area contributed by atoms with Crippen LogP contribution >= 0.6 is 11.6 Å². The molecule has 2 aliphatic rings. The predicted molar refractivity (Wildman–Crippen MR) is 110 cm³/mol. The Morgan fingerprint density at radius 1 is 1.14 bits per heavy atom. The number of nitrogens with zero attached hydrogens (tertiary/aromatic N) is 4. The third-order valence-corrected chi connectivity index (χ3v) is 5.16. The van der Waals surface area contributed by atoms with Gasteiger partial charge >= 0.3 is 6.03 Å². The number of nitrogens with one attached hydrogen (secondary N) is 2. The van der Waals surface area contributed by atoms with E-state index in [0.717, 1.165) is 24.6 Å². The predicted octanol–water partition coefficient (Wildman–Crippen LogP) is 2.06. The first-order valence-electron chi connectivity index (χ1n) is 9.61. The number of hydrogen-bond acceptors (Lipinski definition) is 5. The number of benzene rings is 1. The van der Waals surface area contributed by atoms with Gasteiger partial charge in [0, 0.05) is 49.4 Å². The SMILES string of the molecule is O=C(NCCC(=O)N1CCOCC1)Nc1cc2n(n1)CCN2c1cccc(Cl)c1. The van der Waals surface area contributed by atoms with E-state index in [1.165, 1.54) is 0 Å². The quantitative estimate of drug-likeness (QED) is 0.775. The van der Waals surface area contributed by atoms with Gasteiger partial charge in [0.2, 0.25) is 5.91 Å². The van der Waals surface area contributed by atoms with Gasteiger partial charge in [-0.2, -0.15) is 5.10 Å². The Balaban J connectivity index is 1.29. The highest BCUT2D eigenvalue weighted by Crippen LogP contribution is 2.32. The summed E-state index contributed by atoms with van der Waals surface area (Å²) in [6, 6.07) is 9.06. The average molecular weight is 419 g/mol. The number of fused-ring (bicyclic) bond motifs is 1. The number of amides is 3. The van der Waals surface area contributed by atoms with Crippen LogP contribution < -0.4 is 15.5 Å². The lowest BCUT2D eigenvalue weighted by atomic mass is 10.3. The lowest BCUT2D eigenvalue weighted by Crippen LogP contribution is -2.42. The normalized spacial score (nSPS) is 15.9. The summed E-state index contributed by atoms with van der Waals surface area (Å²) < 4.78 is 7.08. The average Bonchev–Trinajstić information content (AvgIpc) is 3.28. The molecule has 2 N–H and O–H groups in total. The summed E-state index contributed by atoms with van der Waals surface area (Å²) in [5.41, 5.74) is 0.980. The topological polar surface area (TPSA) is 91.7 Å². The molecule has 0 aliphatic carbocycles. The first-order chi connectivity index (χ1) is 14.1. The van der Waals surface area contributed by atoms with Crippen LogP contribution in [0.2, 0.25) is 5.02 Å². The summed E-state index contributed by atoms with van der Waals surface area (Å²) >= 11 is 6.10. The molecule has 0 radical (unpaired) electrons. The summed E-state index contributed by atoms with van der Waals surface area (Å²) in [5.74, 6) is 1.38. The number of carbonyl (C=O) groups is 2. The van der Waals surface area contributed by atoms with Gasteiger partial charge in [-0.3, -0.25) is 10.1 Å². The van der Waals surface area contributed by atoms with Crippen LogP contribution in [0.25, 0.3) is 0 Å². The van der Waals surface area contributed by atoms with Crippen LogP contribution in [0.3, 0.4) is 0 Å². The lowest BCUT2D eigenvalue weighted by Gasteiger charge is -2.26. The van der Waals surface area contributed by atoms with Crippen molar-refractivity contribution in [1.82, 2.24) is 20.0 Å². The minimum atomic E-state index is -0.383. The van der Waals surface area contributed by atoms with Gasteiger partial charge < -0.3 is 19.9 Å². The number of rotatable bonds is 5. The van der Waals surface area contributed by atoms with E-state index in [9.17, 15) is 9.59 Å². The van der Waals surface area contributed by atoms with Gasteiger partial charge in [0.25, 0.3) is 0 Å². The Morgan fingerprint density at radius 3 is 2.76 bits per heavy atom. The third-order valence-electron chi connectivity index (χ3n) is 4.92. The van der Waals surface area contributed by atoms with E-state index in [1.54, 1.807) is 4.90 Å². The molecule has 1 saturated heterocycles. The molecule has 3 amide bonds. The molecule has 3 heterocycles. The van der Waals surface area contributed by atoms with Crippen molar-refractivity contribution in [3.63, 3.8) is 0 Å². The molecule has 9 nitrogen and oxygen atoms in total. The largest absolute Gasteiger partial charge is 0.378 e. The molecular formula is C19H23ClN6O3. The fourth-order valence-corrected chi connectivity index (χ4v) is 3.66. The van der Waals surface area contributed by atoms with Crippen LogP contribution in [0, 0.1) is 0 Å². The number of ether oxygens (including phenoxy) is 1. The summed E-state index contributed by atoms with van der Waals surface area (Å²) in [7, 11) is 0. The van der Waals surface area contributed by atoms with Gasteiger partial charge in [0.1, 0.15) is 5.82 Å². The van der Waals surface area contributed by atoms with Crippen LogP contribution in [0.4, 0.5) is 22.1 Å². The van der Waals surface area contributed by atoms with E-state index in [-0.39, 0.29) is 24.9 Å². The van der Waals surface area contributed by atoms with Gasteiger partial charge in [-0.25, -0.2) is 9.48 Å². The Hall–Kier alpha value is -2.78. The number of anilines is 3. The number of carbonyl (C=O) groups excluding carboxylic acids is 2. The van der Waals surface area contributed by atoms with Crippen LogP contribution in [0.1, 0.15) is 6.42 Å². The van der Waals surface area contributed by atoms with Crippen molar-refractivity contribution in [2.45, 2.75) is 13.0 Å². The fourth-order valence-electron chi connectivity index (χ4n) is 3.48. The maximum absolute atomic E-state index is 12.1. The van der Waals surface area contributed by atoms with Gasteiger partial charge in [-0.05, 0) is 18.2 Å². The highest BCUT2D eigenvalue weighted by Gasteiger charge is 2.23. The monoisotopic (exact) mass is 418 g/mol. The number of aromatic nitrogens is 2. The van der Waals surface area contributed by atoms with Gasteiger partial charge in [0.15, 0.2) is 5.82 Å². The molecule has 0 saturated carbocycles. The maximum Gasteiger partial charge on any atom is 0.320 e. The molecule has 0 atom stereocenters. The first kappa shape index (κ1) is 19.5. The molecule has 10 heteroatoms. The van der Waals surface area contributed by atoms with Crippen LogP contribution in [0.15, 0.2) is 30.3 Å². The second-order valence-corrected chi connectivity index (χ2v) is 7.30. The van der Waals surface area contributed by atoms with Crippen molar-refractivity contribution in [2.24, 2.45) is 0 Å². The number of halogens is 1. The van der Waals surface area contributed by atoms with Crippen LogP contribution in [-0.4, -0.2) is 66.0 Å². The molecule has 154 valence electrons. The van der Waals surface area contributed by atoms with E-state index in [4.69, 9.17) is 16.3 Å². The zero-order valence-electron chi connectivity index (χ0n) is 15.9. The summed E-state index contributed by atoms with van der Waals surface area (Å²) in [4.78, 5) is 28.1. The lowest BCUT2D eigenvalue weighted by molar-refractivity contribution is -0.135. The van der Waals surface area contributed by atoms with E-state index in [2.05, 4.69) is 20.6 Å². The molecule has 2 aromatic rings. The third kappa shape index (κ3) is 4.63. The highest BCUT2D eigenvalue weighted by molar-refractivity contribution is 6.30. The van der Waals surface area contributed by atoms with Gasteiger partial charge in [0.05, 0.1) is 19.8 Å². The molecule has 1 fully saturated rings. The second-order valence-electron chi connectivity index (χ2n) is 6.87. The Labute approximate surface area is 173 Å². The van der Waals surface area contributed by atoms with Crippen molar-refractivity contribution >= 4 is 40.9 Å². The van der Waals surface area contributed by atoms with Gasteiger partial charge in [-0.1, -0.05) is 17.7 Å². The zero-order valence-corrected chi connectivity index (χ0v) is 16.7. The van der Waals surface area contributed by atoms with Crippen molar-refractivity contribution in [3.8, 4) is 0 Å². The number of hydrogen-bond donors (Lipinski definition) is 2.